The van der Waals surface area contributed by atoms with E-state index >= 15 is 0 Å². The highest BCUT2D eigenvalue weighted by molar-refractivity contribution is 7.99. The van der Waals surface area contributed by atoms with E-state index in [-0.39, 0.29) is 0 Å². The van der Waals surface area contributed by atoms with Gasteiger partial charge in [-0.05, 0) is 42.4 Å². The normalized spacial score (nSPS) is 16.7. The molecule has 2 nitrogen and oxygen atoms in total. The third-order valence-corrected chi connectivity index (χ3v) is 4.01. The van der Waals surface area contributed by atoms with E-state index in [0.29, 0.717) is 12.5 Å². The molecule has 1 aromatic carbocycles. The molecular formula is C14H18O2S. The average Bonchev–Trinajstić information content (AvgIpc) is 2.39. The Hall–Kier alpha value is -0.960. The van der Waals surface area contributed by atoms with Crippen LogP contribution in [0.3, 0.4) is 0 Å². The van der Waals surface area contributed by atoms with Gasteiger partial charge in [0.2, 0.25) is 0 Å². The molecule has 92 valence electrons. The van der Waals surface area contributed by atoms with E-state index in [9.17, 15) is 4.79 Å². The number of carbonyl (C=O) groups excluding carboxylic acids is 1. The van der Waals surface area contributed by atoms with Gasteiger partial charge in [-0.2, -0.15) is 11.8 Å². The van der Waals surface area contributed by atoms with Crippen LogP contribution in [0, 0.1) is 0 Å². The summed E-state index contributed by atoms with van der Waals surface area (Å²) in [5.74, 6) is 3.36. The number of aryl methyl sites for hydroxylation is 1. The van der Waals surface area contributed by atoms with Crippen LogP contribution in [0.25, 0.3) is 0 Å². The van der Waals surface area contributed by atoms with E-state index in [2.05, 4.69) is 6.07 Å². The Labute approximate surface area is 107 Å². The van der Waals surface area contributed by atoms with Crippen LogP contribution in [0.1, 0.15) is 24.8 Å². The molecule has 0 bridgehead atoms. The molecule has 0 saturated carbocycles. The third-order valence-electron chi connectivity index (χ3n) is 2.97. The van der Waals surface area contributed by atoms with Crippen LogP contribution in [0.4, 0.5) is 0 Å². The fourth-order valence-electron chi connectivity index (χ4n) is 2.01. The Kier molecular flexibility index (Phi) is 4.92. The fourth-order valence-corrected chi connectivity index (χ4v) is 3.08. The maximum absolute atomic E-state index is 10.4. The number of hydrogen-bond donors (Lipinski definition) is 0. The first-order valence-corrected chi connectivity index (χ1v) is 7.31. The topological polar surface area (TPSA) is 26.3 Å². The summed E-state index contributed by atoms with van der Waals surface area (Å²) >= 11 is 2.00. The molecule has 3 heteroatoms. The molecule has 0 spiro atoms. The summed E-state index contributed by atoms with van der Waals surface area (Å²) in [7, 11) is 0. The number of rotatable bonds is 5. The first-order valence-electron chi connectivity index (χ1n) is 6.16. The molecule has 17 heavy (non-hydrogen) atoms. The van der Waals surface area contributed by atoms with E-state index < -0.39 is 0 Å². The van der Waals surface area contributed by atoms with E-state index in [4.69, 9.17) is 4.74 Å². The van der Waals surface area contributed by atoms with Crippen LogP contribution < -0.4 is 4.74 Å². The maximum atomic E-state index is 10.4. The van der Waals surface area contributed by atoms with Gasteiger partial charge < -0.3 is 9.53 Å². The summed E-state index contributed by atoms with van der Waals surface area (Å²) in [4.78, 5) is 10.4. The molecular weight excluding hydrogens is 232 g/mol. The fraction of sp³-hybridized carbons (Fsp3) is 0.500. The zero-order valence-electron chi connectivity index (χ0n) is 9.93. The predicted molar refractivity (Wildman–Crippen MR) is 71.8 cm³/mol. The molecule has 0 aliphatic carbocycles. The highest BCUT2D eigenvalue weighted by Crippen LogP contribution is 2.25. The minimum atomic E-state index is 0.355. The molecule has 2 rings (SSSR count). The lowest BCUT2D eigenvalue weighted by molar-refractivity contribution is -0.107. The monoisotopic (exact) mass is 250 g/mol. The van der Waals surface area contributed by atoms with Crippen LogP contribution >= 0.6 is 11.8 Å². The summed E-state index contributed by atoms with van der Waals surface area (Å²) in [5.41, 5.74) is 1.15. The molecule has 0 amide bonds. The molecule has 0 aromatic heterocycles. The molecule has 0 N–H and O–H groups in total. The number of aldehydes is 1. The van der Waals surface area contributed by atoms with Gasteiger partial charge in [-0.1, -0.05) is 18.2 Å². The lowest BCUT2D eigenvalue weighted by atomic mass is 10.1. The lowest BCUT2D eigenvalue weighted by Crippen LogP contribution is -2.22. The lowest BCUT2D eigenvalue weighted by Gasteiger charge is -2.24. The Morgan fingerprint density at radius 2 is 2.06 bits per heavy atom. The summed E-state index contributed by atoms with van der Waals surface area (Å²) in [5, 5.41) is 0. The van der Waals surface area contributed by atoms with Crippen molar-refractivity contribution >= 4 is 18.0 Å². The first-order chi connectivity index (χ1) is 8.40. The Morgan fingerprint density at radius 1 is 1.29 bits per heavy atom. The van der Waals surface area contributed by atoms with Crippen molar-refractivity contribution in [1.82, 2.24) is 0 Å². The molecule has 1 aliphatic heterocycles. The third kappa shape index (κ3) is 3.77. The van der Waals surface area contributed by atoms with Crippen LogP contribution in [-0.2, 0) is 11.2 Å². The molecule has 1 fully saturated rings. The number of ether oxygens (including phenoxy) is 1. The van der Waals surface area contributed by atoms with Crippen molar-refractivity contribution in [2.75, 3.05) is 11.5 Å². The van der Waals surface area contributed by atoms with Crippen molar-refractivity contribution in [2.24, 2.45) is 0 Å². The number of thioether (sulfide) groups is 1. The van der Waals surface area contributed by atoms with Gasteiger partial charge in [-0.15, -0.1) is 0 Å². The van der Waals surface area contributed by atoms with Crippen LogP contribution in [-0.4, -0.2) is 23.9 Å². The van der Waals surface area contributed by atoms with Gasteiger partial charge in [0.05, 0.1) is 0 Å². The van der Waals surface area contributed by atoms with Crippen LogP contribution in [0.15, 0.2) is 24.3 Å². The van der Waals surface area contributed by atoms with Crippen molar-refractivity contribution in [1.29, 1.82) is 0 Å². The van der Waals surface area contributed by atoms with Crippen molar-refractivity contribution in [2.45, 2.75) is 31.8 Å². The zero-order valence-corrected chi connectivity index (χ0v) is 10.7. The number of carbonyl (C=O) groups is 1. The highest BCUT2D eigenvalue weighted by Gasteiger charge is 2.16. The average molecular weight is 250 g/mol. The Balaban J connectivity index is 2.00. The second-order valence-corrected chi connectivity index (χ2v) is 5.47. The minimum Gasteiger partial charge on any atom is -0.490 e. The SMILES string of the molecule is O=CCCc1ccccc1OC1CCSCC1. The van der Waals surface area contributed by atoms with Crippen LogP contribution in [0.5, 0.6) is 5.75 Å². The van der Waals surface area contributed by atoms with Crippen LogP contribution in [0.2, 0.25) is 0 Å². The van der Waals surface area contributed by atoms with Gasteiger partial charge in [0.15, 0.2) is 0 Å². The predicted octanol–water partition coefficient (Wildman–Crippen LogP) is 3.09. The Morgan fingerprint density at radius 3 is 2.82 bits per heavy atom. The van der Waals surface area contributed by atoms with Crippen molar-refractivity contribution in [3.05, 3.63) is 29.8 Å². The van der Waals surface area contributed by atoms with Gasteiger partial charge in [0.25, 0.3) is 0 Å². The van der Waals surface area contributed by atoms with Crippen molar-refractivity contribution in [3.63, 3.8) is 0 Å². The summed E-state index contributed by atoms with van der Waals surface area (Å²) in [6.07, 6.45) is 4.93. The van der Waals surface area contributed by atoms with Gasteiger partial charge in [0.1, 0.15) is 18.1 Å². The van der Waals surface area contributed by atoms with Gasteiger partial charge in [-0.25, -0.2) is 0 Å². The summed E-state index contributed by atoms with van der Waals surface area (Å²) < 4.78 is 6.05. The molecule has 1 saturated heterocycles. The second kappa shape index (κ2) is 6.70. The molecule has 0 radical (unpaired) electrons. The number of para-hydroxylation sites is 1. The van der Waals surface area contributed by atoms with E-state index in [1.165, 1.54) is 11.5 Å². The van der Waals surface area contributed by atoms with Gasteiger partial charge in [-0.3, -0.25) is 0 Å². The zero-order chi connectivity index (χ0) is 11.9. The van der Waals surface area contributed by atoms with E-state index in [0.717, 1.165) is 36.9 Å². The molecule has 1 heterocycles. The Bertz CT molecular complexity index is 359. The minimum absolute atomic E-state index is 0.355. The largest absolute Gasteiger partial charge is 0.490 e. The standard InChI is InChI=1S/C14H18O2S/c15-9-3-5-12-4-1-2-6-14(12)16-13-7-10-17-11-8-13/h1-2,4,6,9,13H,3,5,7-8,10-11H2. The maximum Gasteiger partial charge on any atom is 0.122 e. The molecule has 0 unspecified atom stereocenters. The van der Waals surface area contributed by atoms with Crippen molar-refractivity contribution in [3.8, 4) is 5.75 Å². The smallest absolute Gasteiger partial charge is 0.122 e. The first kappa shape index (κ1) is 12.5. The van der Waals surface area contributed by atoms with E-state index in [1.807, 2.05) is 30.0 Å². The van der Waals surface area contributed by atoms with Crippen molar-refractivity contribution < 1.29 is 9.53 Å². The van der Waals surface area contributed by atoms with E-state index in [1.54, 1.807) is 0 Å². The number of hydrogen-bond acceptors (Lipinski definition) is 3. The van der Waals surface area contributed by atoms with Gasteiger partial charge in [0, 0.05) is 6.42 Å². The quantitative estimate of drug-likeness (QED) is 0.751. The highest BCUT2D eigenvalue weighted by atomic mass is 32.2. The second-order valence-electron chi connectivity index (χ2n) is 4.24. The molecule has 1 aromatic rings. The summed E-state index contributed by atoms with van der Waals surface area (Å²) in [6.45, 7) is 0. The van der Waals surface area contributed by atoms with Gasteiger partial charge >= 0.3 is 0 Å². The number of benzene rings is 1. The molecule has 1 aliphatic rings. The summed E-state index contributed by atoms with van der Waals surface area (Å²) in [6, 6.07) is 8.07. The molecule has 0 atom stereocenters.